The summed E-state index contributed by atoms with van der Waals surface area (Å²) >= 11 is 15.8. The molecule has 30 heavy (non-hydrogen) atoms. The van der Waals surface area contributed by atoms with Gasteiger partial charge in [0.1, 0.15) is 16.2 Å². The Bertz CT molecular complexity index is 1270. The first-order valence-corrected chi connectivity index (χ1v) is 12.7. The highest BCUT2D eigenvalue weighted by atomic mass is 35.5. The maximum atomic E-state index is 6.36. The smallest absolute Gasteiger partial charge is 0.126 e. The molecule has 0 atom stereocenters. The molecule has 0 aliphatic heterocycles. The molecule has 3 aromatic heterocycles. The number of aromatic nitrogens is 3. The van der Waals surface area contributed by atoms with E-state index in [0.29, 0.717) is 16.0 Å². The topological polar surface area (TPSA) is 38.7 Å². The van der Waals surface area contributed by atoms with Gasteiger partial charge in [0.25, 0.3) is 0 Å². The Morgan fingerprint density at radius 1 is 1.13 bits per heavy atom. The minimum absolute atomic E-state index is 0.601. The second-order valence-electron chi connectivity index (χ2n) is 8.13. The van der Waals surface area contributed by atoms with Gasteiger partial charge in [-0.2, -0.15) is 0 Å². The van der Waals surface area contributed by atoms with Crippen LogP contribution in [-0.2, 0) is 25.0 Å². The number of hydrogen-bond donors (Lipinski definition) is 0. The van der Waals surface area contributed by atoms with Gasteiger partial charge in [0, 0.05) is 26.9 Å². The van der Waals surface area contributed by atoms with E-state index in [1.807, 2.05) is 12.1 Å². The monoisotopic (exact) mass is 473 g/mol. The lowest BCUT2D eigenvalue weighted by Crippen LogP contribution is -2.03. The maximum Gasteiger partial charge on any atom is 0.126 e. The summed E-state index contributed by atoms with van der Waals surface area (Å²) in [4.78, 5) is 15.5. The summed E-state index contributed by atoms with van der Waals surface area (Å²) in [6.45, 7) is 4.53. The van der Waals surface area contributed by atoms with Crippen LogP contribution in [0.3, 0.4) is 0 Å². The number of thioether (sulfide) groups is 1. The molecule has 0 unspecified atom stereocenters. The minimum atomic E-state index is 0.601. The highest BCUT2D eigenvalue weighted by Gasteiger charge is 2.24. The average molecular weight is 474 g/mol. The van der Waals surface area contributed by atoms with Gasteiger partial charge >= 0.3 is 0 Å². The van der Waals surface area contributed by atoms with Gasteiger partial charge in [0.05, 0.1) is 10.2 Å². The summed E-state index contributed by atoms with van der Waals surface area (Å²) < 4.78 is 1.13. The van der Waals surface area contributed by atoms with Gasteiger partial charge in [-0.3, -0.25) is 0 Å². The molecule has 1 aliphatic rings. The fourth-order valence-corrected chi connectivity index (χ4v) is 7.01. The van der Waals surface area contributed by atoms with Crippen molar-refractivity contribution in [2.24, 2.45) is 5.92 Å². The quantitative estimate of drug-likeness (QED) is 0.221. The molecule has 0 amide bonds. The van der Waals surface area contributed by atoms with E-state index in [0.717, 1.165) is 50.7 Å². The van der Waals surface area contributed by atoms with Crippen molar-refractivity contribution < 1.29 is 0 Å². The van der Waals surface area contributed by atoms with Crippen molar-refractivity contribution in [3.63, 3.8) is 0 Å². The van der Waals surface area contributed by atoms with E-state index in [4.69, 9.17) is 28.2 Å². The summed E-state index contributed by atoms with van der Waals surface area (Å²) in [5.41, 5.74) is 6.33. The van der Waals surface area contributed by atoms with Crippen LogP contribution < -0.4 is 0 Å². The number of aryl methyl sites for hydroxylation is 1. The van der Waals surface area contributed by atoms with Gasteiger partial charge in [-0.15, -0.1) is 23.1 Å². The third-order valence-corrected chi connectivity index (χ3v) is 8.34. The molecule has 3 heterocycles. The van der Waals surface area contributed by atoms with Crippen LogP contribution >= 0.6 is 46.3 Å². The van der Waals surface area contributed by atoms with E-state index in [9.17, 15) is 0 Å². The fraction of sp³-hybridized carbons (Fsp3) is 0.348. The van der Waals surface area contributed by atoms with Crippen LogP contribution in [0.1, 0.15) is 42.7 Å². The van der Waals surface area contributed by atoms with E-state index in [1.54, 1.807) is 35.5 Å². The van der Waals surface area contributed by atoms with Gasteiger partial charge in [-0.25, -0.2) is 15.0 Å². The Hall–Kier alpha value is -1.40. The molecule has 0 N–H and O–H groups in total. The molecule has 1 aromatic carbocycles. The predicted molar refractivity (Wildman–Crippen MR) is 129 cm³/mol. The van der Waals surface area contributed by atoms with E-state index in [1.165, 1.54) is 28.6 Å². The van der Waals surface area contributed by atoms with Crippen LogP contribution in [0.4, 0.5) is 0 Å². The first-order valence-electron chi connectivity index (χ1n) is 10.2. The molecule has 5 rings (SSSR count). The highest BCUT2D eigenvalue weighted by molar-refractivity contribution is 7.98. The van der Waals surface area contributed by atoms with E-state index >= 15 is 0 Å². The lowest BCUT2D eigenvalue weighted by molar-refractivity contribution is 0.632. The molecule has 0 spiro atoms. The zero-order valence-electron chi connectivity index (χ0n) is 16.8. The number of benzene rings is 1. The second kappa shape index (κ2) is 8.27. The van der Waals surface area contributed by atoms with Gasteiger partial charge in [-0.1, -0.05) is 43.1 Å². The number of pyridine rings is 1. The van der Waals surface area contributed by atoms with Crippen molar-refractivity contribution in [2.75, 3.05) is 0 Å². The third-order valence-electron chi connectivity index (χ3n) is 5.51. The van der Waals surface area contributed by atoms with Crippen molar-refractivity contribution in [1.82, 2.24) is 15.0 Å². The summed E-state index contributed by atoms with van der Waals surface area (Å²) in [5, 5.41) is 3.59. The number of halogens is 2. The molecule has 1 aliphatic carbocycles. The molecule has 0 saturated heterocycles. The summed E-state index contributed by atoms with van der Waals surface area (Å²) in [5.74, 6) is 1.34. The number of hydrogen-bond acceptors (Lipinski definition) is 5. The molecular weight excluding hydrogens is 453 g/mol. The number of thiophene rings is 1. The Balaban J connectivity index is 1.58. The molecule has 7 heteroatoms. The summed E-state index contributed by atoms with van der Waals surface area (Å²) in [6, 6.07) is 5.65. The zero-order chi connectivity index (χ0) is 20.8. The van der Waals surface area contributed by atoms with Gasteiger partial charge in [0.2, 0.25) is 0 Å². The molecule has 154 valence electrons. The van der Waals surface area contributed by atoms with Crippen LogP contribution in [0, 0.1) is 5.92 Å². The normalized spacial score (nSPS) is 13.6. The van der Waals surface area contributed by atoms with Crippen molar-refractivity contribution in [3.8, 4) is 0 Å². The lowest BCUT2D eigenvalue weighted by Gasteiger charge is -2.11. The highest BCUT2D eigenvalue weighted by Crippen LogP contribution is 2.42. The molecule has 3 nitrogen and oxygen atoms in total. The number of fused-ring (bicyclic) bond motifs is 5. The second-order valence-corrected chi connectivity index (χ2v) is 10.9. The summed E-state index contributed by atoms with van der Waals surface area (Å²) in [7, 11) is 0. The van der Waals surface area contributed by atoms with Crippen LogP contribution in [0.5, 0.6) is 0 Å². The zero-order valence-corrected chi connectivity index (χ0v) is 20.0. The van der Waals surface area contributed by atoms with E-state index in [2.05, 4.69) is 23.8 Å². The SMILES string of the molecule is CC(C)Cc1nc2sc3c(SCc4ccc(Cl)cc4Cl)ncnc3c2c2c1CCC2. The molecule has 0 bridgehead atoms. The minimum Gasteiger partial charge on any atom is -0.242 e. The Kier molecular flexibility index (Phi) is 5.65. The first kappa shape index (κ1) is 20.5. The van der Waals surface area contributed by atoms with Crippen molar-refractivity contribution in [1.29, 1.82) is 0 Å². The van der Waals surface area contributed by atoms with Crippen LogP contribution in [0.15, 0.2) is 29.6 Å². The van der Waals surface area contributed by atoms with Crippen molar-refractivity contribution in [3.05, 3.63) is 57.0 Å². The van der Waals surface area contributed by atoms with Crippen molar-refractivity contribution >= 4 is 66.7 Å². The van der Waals surface area contributed by atoms with Crippen LogP contribution in [-0.4, -0.2) is 15.0 Å². The Labute approximate surface area is 194 Å². The number of nitrogens with zero attached hydrogens (tertiary/aromatic N) is 3. The third kappa shape index (κ3) is 3.70. The Morgan fingerprint density at radius 3 is 2.77 bits per heavy atom. The van der Waals surface area contributed by atoms with E-state index in [-0.39, 0.29) is 0 Å². The molecule has 0 radical (unpaired) electrons. The largest absolute Gasteiger partial charge is 0.242 e. The molecule has 4 aromatic rings. The first-order chi connectivity index (χ1) is 14.5. The van der Waals surface area contributed by atoms with Gasteiger partial charge < -0.3 is 0 Å². The van der Waals surface area contributed by atoms with Gasteiger partial charge in [-0.05, 0) is 60.4 Å². The Morgan fingerprint density at radius 2 is 1.97 bits per heavy atom. The lowest BCUT2D eigenvalue weighted by atomic mass is 9.99. The molecular formula is C23H21Cl2N3S2. The molecule has 0 saturated carbocycles. The number of rotatable bonds is 5. The molecule has 0 fully saturated rings. The summed E-state index contributed by atoms with van der Waals surface area (Å²) in [6.07, 6.45) is 6.19. The fourth-order valence-electron chi connectivity index (χ4n) is 4.20. The van der Waals surface area contributed by atoms with Gasteiger partial charge in [0.15, 0.2) is 0 Å². The predicted octanol–water partition coefficient (Wildman–Crippen LogP) is 7.53. The van der Waals surface area contributed by atoms with Crippen molar-refractivity contribution in [2.45, 2.75) is 50.3 Å². The standard InChI is InChI=1S/C23H21Cl2N3S2/c1-12(2)8-18-15-4-3-5-16(15)19-20-21(30-22(19)28-18)23(27-11-26-20)29-10-13-6-7-14(24)9-17(13)25/h6-7,9,11-12H,3-5,8,10H2,1-2H3. The van der Waals surface area contributed by atoms with Crippen LogP contribution in [0.2, 0.25) is 10.0 Å². The maximum absolute atomic E-state index is 6.36. The van der Waals surface area contributed by atoms with E-state index < -0.39 is 0 Å². The average Bonchev–Trinajstić information content (AvgIpc) is 3.31. The van der Waals surface area contributed by atoms with Crippen LogP contribution in [0.25, 0.3) is 20.4 Å².